The first-order valence-electron chi connectivity index (χ1n) is 7.81. The molecule has 0 radical (unpaired) electrons. The third-order valence-corrected chi connectivity index (χ3v) is 4.45. The Balaban J connectivity index is 2.03. The summed E-state index contributed by atoms with van der Waals surface area (Å²) in [7, 11) is 0. The van der Waals surface area contributed by atoms with Crippen LogP contribution in [-0.2, 0) is 11.3 Å². The Hall–Kier alpha value is -1.56. The smallest absolute Gasteiger partial charge is 0.274 e. The zero-order chi connectivity index (χ0) is 15.5. The molecule has 1 saturated heterocycles. The number of anilines is 1. The highest BCUT2D eigenvalue weighted by molar-refractivity contribution is 5.97. The number of hydrogen-bond acceptors (Lipinski definition) is 4. The Kier molecular flexibility index (Phi) is 4.88. The molecule has 1 aliphatic heterocycles. The molecule has 0 aromatic carbocycles. The quantitative estimate of drug-likeness (QED) is 0.869. The van der Waals surface area contributed by atoms with Crippen molar-refractivity contribution in [3.8, 4) is 0 Å². The van der Waals surface area contributed by atoms with Crippen LogP contribution < -0.4 is 11.1 Å². The number of nitrogens with two attached hydrogens (primary N) is 1. The summed E-state index contributed by atoms with van der Waals surface area (Å²) in [6, 6.07) is 0.123. The molecule has 118 valence electrons. The second kappa shape index (κ2) is 6.47. The lowest BCUT2D eigenvalue weighted by Crippen LogP contribution is -2.48. The first-order chi connectivity index (χ1) is 10.0. The predicted molar refractivity (Wildman–Crippen MR) is 82.1 cm³/mol. The Morgan fingerprint density at radius 2 is 2.24 bits per heavy atom. The molecule has 1 amide bonds. The largest absolute Gasteiger partial charge is 0.396 e. The van der Waals surface area contributed by atoms with Crippen molar-refractivity contribution in [2.75, 3.05) is 12.3 Å². The van der Waals surface area contributed by atoms with Crippen LogP contribution in [0.15, 0.2) is 6.20 Å². The minimum atomic E-state index is -0.187. The normalized spacial score (nSPS) is 21.2. The maximum absolute atomic E-state index is 12.3. The van der Waals surface area contributed by atoms with Crippen molar-refractivity contribution in [2.45, 2.75) is 64.6 Å². The maximum Gasteiger partial charge on any atom is 0.274 e. The van der Waals surface area contributed by atoms with Gasteiger partial charge in [0.2, 0.25) is 0 Å². The number of nitrogens with one attached hydrogen (secondary N) is 1. The van der Waals surface area contributed by atoms with Crippen molar-refractivity contribution in [1.82, 2.24) is 15.1 Å². The van der Waals surface area contributed by atoms with Crippen molar-refractivity contribution < 1.29 is 9.53 Å². The summed E-state index contributed by atoms with van der Waals surface area (Å²) in [5.41, 5.74) is 6.50. The highest BCUT2D eigenvalue weighted by atomic mass is 16.5. The van der Waals surface area contributed by atoms with Gasteiger partial charge in [-0.2, -0.15) is 5.10 Å². The third kappa shape index (κ3) is 3.37. The number of rotatable bonds is 5. The molecule has 1 aromatic heterocycles. The van der Waals surface area contributed by atoms with E-state index in [9.17, 15) is 4.79 Å². The van der Waals surface area contributed by atoms with Gasteiger partial charge < -0.3 is 15.8 Å². The number of nitrogens with zero attached hydrogens (tertiary/aromatic N) is 2. The van der Waals surface area contributed by atoms with E-state index < -0.39 is 0 Å². The molecular weight excluding hydrogens is 268 g/mol. The summed E-state index contributed by atoms with van der Waals surface area (Å²) < 4.78 is 7.61. The lowest BCUT2D eigenvalue weighted by molar-refractivity contribution is -0.0917. The zero-order valence-electron chi connectivity index (χ0n) is 13.2. The van der Waals surface area contributed by atoms with Gasteiger partial charge in [-0.1, -0.05) is 13.8 Å². The Morgan fingerprint density at radius 1 is 1.52 bits per heavy atom. The first kappa shape index (κ1) is 15.8. The van der Waals surface area contributed by atoms with Crippen LogP contribution >= 0.6 is 0 Å². The van der Waals surface area contributed by atoms with Crippen molar-refractivity contribution in [3.05, 3.63) is 11.9 Å². The van der Waals surface area contributed by atoms with Gasteiger partial charge >= 0.3 is 0 Å². The van der Waals surface area contributed by atoms with Crippen LogP contribution in [0.5, 0.6) is 0 Å². The van der Waals surface area contributed by atoms with Crippen LogP contribution in [0.4, 0.5) is 5.69 Å². The molecule has 0 saturated carbocycles. The number of hydrogen-bond donors (Lipinski definition) is 2. The molecule has 21 heavy (non-hydrogen) atoms. The molecule has 0 bridgehead atoms. The van der Waals surface area contributed by atoms with Crippen LogP contribution in [0.3, 0.4) is 0 Å². The number of ether oxygens (including phenoxy) is 1. The summed E-state index contributed by atoms with van der Waals surface area (Å²) in [5.74, 6) is -0.187. The summed E-state index contributed by atoms with van der Waals surface area (Å²) in [6.07, 6.45) is 5.30. The SMILES string of the molecule is CCn1cc(N)c(C(=O)NC2CCOC(CC)(CC)C2)n1. The standard InChI is InChI=1S/C15H26N4O2/c1-4-15(5-2)9-11(7-8-21-15)17-14(20)13-12(16)10-19(6-3)18-13/h10-11H,4-9,16H2,1-3H3,(H,17,20). The van der Waals surface area contributed by atoms with Crippen LogP contribution in [-0.4, -0.2) is 33.9 Å². The molecule has 1 aromatic rings. The van der Waals surface area contributed by atoms with E-state index in [0.717, 1.165) is 25.7 Å². The van der Waals surface area contributed by atoms with E-state index in [1.807, 2.05) is 6.92 Å². The number of carbonyl (C=O) groups is 1. The first-order valence-corrected chi connectivity index (χ1v) is 7.81. The fraction of sp³-hybridized carbons (Fsp3) is 0.733. The number of carbonyl (C=O) groups excluding carboxylic acids is 1. The van der Waals surface area contributed by atoms with Gasteiger partial charge in [-0.15, -0.1) is 0 Å². The van der Waals surface area contributed by atoms with Crippen LogP contribution in [0.1, 0.15) is 56.9 Å². The monoisotopic (exact) mass is 294 g/mol. The summed E-state index contributed by atoms with van der Waals surface area (Å²) in [4.78, 5) is 12.3. The van der Waals surface area contributed by atoms with Crippen molar-refractivity contribution >= 4 is 11.6 Å². The molecule has 0 aliphatic carbocycles. The number of amides is 1. The molecule has 1 fully saturated rings. The number of aromatic nitrogens is 2. The second-order valence-corrected chi connectivity index (χ2v) is 5.69. The minimum absolute atomic E-state index is 0.107. The van der Waals surface area contributed by atoms with Crippen LogP contribution in [0.2, 0.25) is 0 Å². The fourth-order valence-electron chi connectivity index (χ4n) is 2.92. The second-order valence-electron chi connectivity index (χ2n) is 5.69. The van der Waals surface area contributed by atoms with E-state index in [-0.39, 0.29) is 17.6 Å². The van der Waals surface area contributed by atoms with Gasteiger partial charge in [0.15, 0.2) is 5.69 Å². The topological polar surface area (TPSA) is 82.2 Å². The molecular formula is C15H26N4O2. The molecule has 1 aliphatic rings. The lowest BCUT2D eigenvalue weighted by Gasteiger charge is -2.40. The molecule has 0 spiro atoms. The van der Waals surface area contributed by atoms with E-state index >= 15 is 0 Å². The average Bonchev–Trinajstić information content (AvgIpc) is 2.88. The molecule has 2 heterocycles. The highest BCUT2D eigenvalue weighted by Gasteiger charge is 2.35. The van der Waals surface area contributed by atoms with Gasteiger partial charge in [0.1, 0.15) is 0 Å². The van der Waals surface area contributed by atoms with Crippen molar-refractivity contribution in [2.24, 2.45) is 0 Å². The molecule has 1 atom stereocenters. The van der Waals surface area contributed by atoms with E-state index in [1.165, 1.54) is 0 Å². The Bertz CT molecular complexity index is 494. The van der Waals surface area contributed by atoms with Crippen LogP contribution in [0.25, 0.3) is 0 Å². The van der Waals surface area contributed by atoms with Gasteiger partial charge in [0.25, 0.3) is 5.91 Å². The molecule has 6 nitrogen and oxygen atoms in total. The molecule has 1 unspecified atom stereocenters. The third-order valence-electron chi connectivity index (χ3n) is 4.45. The summed E-state index contributed by atoms with van der Waals surface area (Å²) in [6.45, 7) is 7.61. The zero-order valence-corrected chi connectivity index (χ0v) is 13.2. The van der Waals surface area contributed by atoms with Crippen molar-refractivity contribution in [3.63, 3.8) is 0 Å². The summed E-state index contributed by atoms with van der Waals surface area (Å²) >= 11 is 0. The lowest BCUT2D eigenvalue weighted by atomic mass is 9.86. The van der Waals surface area contributed by atoms with E-state index in [0.29, 0.717) is 24.5 Å². The highest BCUT2D eigenvalue weighted by Crippen LogP contribution is 2.31. The predicted octanol–water partition coefficient (Wildman–Crippen LogP) is 1.95. The maximum atomic E-state index is 12.3. The van der Waals surface area contributed by atoms with Gasteiger partial charge in [-0.05, 0) is 32.6 Å². The average molecular weight is 294 g/mol. The Labute approximate surface area is 126 Å². The van der Waals surface area contributed by atoms with Gasteiger partial charge in [-0.25, -0.2) is 0 Å². The van der Waals surface area contributed by atoms with Gasteiger partial charge in [0.05, 0.1) is 11.3 Å². The van der Waals surface area contributed by atoms with E-state index in [1.54, 1.807) is 10.9 Å². The van der Waals surface area contributed by atoms with E-state index in [2.05, 4.69) is 24.3 Å². The Morgan fingerprint density at radius 3 is 2.81 bits per heavy atom. The van der Waals surface area contributed by atoms with E-state index in [4.69, 9.17) is 10.5 Å². The molecule has 2 rings (SSSR count). The number of nitrogen functional groups attached to an aromatic ring is 1. The minimum Gasteiger partial charge on any atom is -0.396 e. The van der Waals surface area contributed by atoms with Gasteiger partial charge in [0, 0.05) is 25.4 Å². The number of aryl methyl sites for hydroxylation is 1. The van der Waals surface area contributed by atoms with Gasteiger partial charge in [-0.3, -0.25) is 9.48 Å². The van der Waals surface area contributed by atoms with Crippen molar-refractivity contribution in [1.29, 1.82) is 0 Å². The molecule has 3 N–H and O–H groups in total. The summed E-state index contributed by atoms with van der Waals surface area (Å²) in [5, 5.41) is 7.28. The fourth-order valence-corrected chi connectivity index (χ4v) is 2.92. The molecule has 6 heteroatoms. The van der Waals surface area contributed by atoms with Crippen LogP contribution in [0, 0.1) is 0 Å².